The fourth-order valence-corrected chi connectivity index (χ4v) is 4.39. The van der Waals surface area contributed by atoms with Crippen LogP contribution in [-0.4, -0.2) is 30.0 Å². The van der Waals surface area contributed by atoms with Crippen LogP contribution in [-0.2, 0) is 4.74 Å². The van der Waals surface area contributed by atoms with Gasteiger partial charge in [0, 0.05) is 17.0 Å². The molecule has 0 spiro atoms. The Kier molecular flexibility index (Phi) is 7.13. The molecule has 4 rings (SSSR count). The summed E-state index contributed by atoms with van der Waals surface area (Å²) in [5, 5.41) is 4.65. The number of anilines is 1. The van der Waals surface area contributed by atoms with Crippen molar-refractivity contribution in [1.82, 2.24) is 4.98 Å². The highest BCUT2D eigenvalue weighted by molar-refractivity contribution is 6.00. The number of rotatable bonds is 5. The van der Waals surface area contributed by atoms with Crippen LogP contribution in [0.4, 0.5) is 5.82 Å². The van der Waals surface area contributed by atoms with Gasteiger partial charge >= 0.3 is 5.97 Å². The SMILES string of the molecule is COC(=O)c1cccc(C(N)=O)c1C1CCC(Nc2ccc3ccccc3n2)CC1.Cl. The second kappa shape index (κ2) is 9.79. The average molecular weight is 440 g/mol. The number of pyridine rings is 1. The van der Waals surface area contributed by atoms with Gasteiger partial charge in [0.2, 0.25) is 5.91 Å². The first-order chi connectivity index (χ1) is 14.6. The summed E-state index contributed by atoms with van der Waals surface area (Å²) in [5.74, 6) is 0.000394. The molecule has 0 unspecified atom stereocenters. The Morgan fingerprint density at radius 3 is 2.39 bits per heavy atom. The number of nitrogens with one attached hydrogen (secondary N) is 1. The zero-order valence-electron chi connectivity index (χ0n) is 17.3. The first kappa shape index (κ1) is 22.6. The number of para-hydroxylation sites is 1. The number of aromatic nitrogens is 1. The summed E-state index contributed by atoms with van der Waals surface area (Å²) in [7, 11) is 1.35. The zero-order valence-corrected chi connectivity index (χ0v) is 18.2. The number of primary amides is 1. The van der Waals surface area contributed by atoms with Crippen molar-refractivity contribution in [2.75, 3.05) is 12.4 Å². The van der Waals surface area contributed by atoms with Crippen LogP contribution in [0.2, 0.25) is 0 Å². The number of hydrogen-bond acceptors (Lipinski definition) is 5. The summed E-state index contributed by atoms with van der Waals surface area (Å²) in [5.41, 5.74) is 8.12. The van der Waals surface area contributed by atoms with Crippen molar-refractivity contribution in [3.05, 3.63) is 71.3 Å². The van der Waals surface area contributed by atoms with E-state index in [2.05, 4.69) is 11.4 Å². The van der Waals surface area contributed by atoms with E-state index >= 15 is 0 Å². The first-order valence-corrected chi connectivity index (χ1v) is 10.2. The minimum Gasteiger partial charge on any atom is -0.465 e. The molecule has 31 heavy (non-hydrogen) atoms. The number of amides is 1. The van der Waals surface area contributed by atoms with Gasteiger partial charge in [-0.05, 0) is 67.5 Å². The molecule has 0 saturated heterocycles. The van der Waals surface area contributed by atoms with Gasteiger partial charge in [0.05, 0.1) is 18.2 Å². The minimum absolute atomic E-state index is 0. The molecule has 3 N–H and O–H groups in total. The van der Waals surface area contributed by atoms with Crippen LogP contribution >= 0.6 is 12.4 Å². The quantitative estimate of drug-likeness (QED) is 0.563. The van der Waals surface area contributed by atoms with Crippen molar-refractivity contribution in [3.8, 4) is 0 Å². The molecule has 0 radical (unpaired) electrons. The van der Waals surface area contributed by atoms with E-state index in [1.54, 1.807) is 18.2 Å². The van der Waals surface area contributed by atoms with Crippen LogP contribution in [0.3, 0.4) is 0 Å². The Morgan fingerprint density at radius 1 is 0.968 bits per heavy atom. The fraction of sp³-hybridized carbons (Fsp3) is 0.292. The van der Waals surface area contributed by atoms with E-state index in [9.17, 15) is 9.59 Å². The molecule has 7 heteroatoms. The molecule has 0 atom stereocenters. The molecule has 0 bridgehead atoms. The Morgan fingerprint density at radius 2 is 1.68 bits per heavy atom. The van der Waals surface area contributed by atoms with E-state index in [1.165, 1.54) is 7.11 Å². The molecule has 3 aromatic rings. The molecule has 0 aliphatic heterocycles. The molecule has 1 aromatic heterocycles. The monoisotopic (exact) mass is 439 g/mol. The van der Waals surface area contributed by atoms with Crippen molar-refractivity contribution in [3.63, 3.8) is 0 Å². The molecule has 1 fully saturated rings. The van der Waals surface area contributed by atoms with Crippen LogP contribution in [0.15, 0.2) is 54.6 Å². The Balaban J connectivity index is 0.00000272. The second-order valence-electron chi connectivity index (χ2n) is 7.70. The average Bonchev–Trinajstić information content (AvgIpc) is 2.78. The predicted molar refractivity (Wildman–Crippen MR) is 124 cm³/mol. The molecule has 6 nitrogen and oxygen atoms in total. The standard InChI is InChI=1S/C24H25N3O3.ClH/c1-30-24(29)19-7-4-6-18(23(25)28)22(19)16-9-12-17(13-10-16)26-21-14-11-15-5-2-3-8-20(15)27-21;/h2-8,11,14,16-17H,9-10,12-13H2,1H3,(H2,25,28)(H,26,27);1H. The van der Waals surface area contributed by atoms with Crippen LogP contribution in [0.25, 0.3) is 10.9 Å². The van der Waals surface area contributed by atoms with Gasteiger partial charge in [-0.1, -0.05) is 24.3 Å². The van der Waals surface area contributed by atoms with Crippen molar-refractivity contribution >= 4 is 41.0 Å². The highest BCUT2D eigenvalue weighted by atomic mass is 35.5. The van der Waals surface area contributed by atoms with Crippen LogP contribution in [0.1, 0.15) is 57.9 Å². The van der Waals surface area contributed by atoms with E-state index in [-0.39, 0.29) is 24.4 Å². The normalized spacial score (nSPS) is 18.1. The van der Waals surface area contributed by atoms with Crippen molar-refractivity contribution in [2.24, 2.45) is 5.73 Å². The number of carbonyl (C=O) groups is 2. The highest BCUT2D eigenvalue weighted by Gasteiger charge is 2.29. The number of carbonyl (C=O) groups excluding carboxylic acids is 2. The summed E-state index contributed by atoms with van der Waals surface area (Å²) >= 11 is 0. The van der Waals surface area contributed by atoms with E-state index in [0.717, 1.165) is 48.0 Å². The van der Waals surface area contributed by atoms with Crippen molar-refractivity contribution < 1.29 is 14.3 Å². The molecular weight excluding hydrogens is 414 g/mol. The third kappa shape index (κ3) is 4.80. The number of benzene rings is 2. The van der Waals surface area contributed by atoms with Crippen LogP contribution in [0.5, 0.6) is 0 Å². The molecule has 162 valence electrons. The number of hydrogen-bond donors (Lipinski definition) is 2. The Labute approximate surface area is 187 Å². The summed E-state index contributed by atoms with van der Waals surface area (Å²) in [6, 6.07) is 17.5. The Hall–Kier alpha value is -3.12. The summed E-state index contributed by atoms with van der Waals surface area (Å²) < 4.78 is 4.93. The number of halogens is 1. The van der Waals surface area contributed by atoms with Crippen molar-refractivity contribution in [2.45, 2.75) is 37.6 Å². The maximum absolute atomic E-state index is 12.3. The molecular formula is C24H26ClN3O3. The predicted octanol–water partition coefficient (Wildman–Crippen LogP) is 4.68. The maximum Gasteiger partial charge on any atom is 0.338 e. The van der Waals surface area contributed by atoms with E-state index in [0.29, 0.717) is 11.1 Å². The Bertz CT molecular complexity index is 1090. The molecule has 1 heterocycles. The lowest BCUT2D eigenvalue weighted by Crippen LogP contribution is -2.28. The number of esters is 1. The third-order valence-electron chi connectivity index (χ3n) is 5.86. The second-order valence-corrected chi connectivity index (χ2v) is 7.70. The van der Waals surface area contributed by atoms with Crippen LogP contribution < -0.4 is 11.1 Å². The summed E-state index contributed by atoms with van der Waals surface area (Å²) in [6.07, 6.45) is 3.51. The number of fused-ring (bicyclic) bond motifs is 1. The molecule has 1 aliphatic carbocycles. The smallest absolute Gasteiger partial charge is 0.338 e. The van der Waals surface area contributed by atoms with Gasteiger partial charge < -0.3 is 15.8 Å². The van der Waals surface area contributed by atoms with Gasteiger partial charge in [-0.25, -0.2) is 9.78 Å². The lowest BCUT2D eigenvalue weighted by molar-refractivity contribution is 0.0598. The highest BCUT2D eigenvalue weighted by Crippen LogP contribution is 2.37. The number of nitrogens with zero attached hydrogens (tertiary/aromatic N) is 1. The summed E-state index contributed by atoms with van der Waals surface area (Å²) in [6.45, 7) is 0. The zero-order chi connectivity index (χ0) is 21.1. The lowest BCUT2D eigenvalue weighted by atomic mass is 9.78. The number of ether oxygens (including phenoxy) is 1. The van der Waals surface area contributed by atoms with Gasteiger partial charge in [-0.15, -0.1) is 12.4 Å². The first-order valence-electron chi connectivity index (χ1n) is 10.2. The number of methoxy groups -OCH3 is 1. The lowest BCUT2D eigenvalue weighted by Gasteiger charge is -2.31. The minimum atomic E-state index is -0.517. The van der Waals surface area contributed by atoms with E-state index < -0.39 is 11.9 Å². The molecule has 2 aromatic carbocycles. The van der Waals surface area contributed by atoms with Gasteiger partial charge in [0.1, 0.15) is 5.82 Å². The van der Waals surface area contributed by atoms with Gasteiger partial charge in [-0.2, -0.15) is 0 Å². The molecule has 1 amide bonds. The largest absolute Gasteiger partial charge is 0.465 e. The maximum atomic E-state index is 12.3. The topological polar surface area (TPSA) is 94.3 Å². The molecule has 1 aliphatic rings. The molecule has 1 saturated carbocycles. The van der Waals surface area contributed by atoms with Gasteiger partial charge in [-0.3, -0.25) is 4.79 Å². The third-order valence-corrected chi connectivity index (χ3v) is 5.86. The van der Waals surface area contributed by atoms with Gasteiger partial charge in [0.25, 0.3) is 0 Å². The number of nitrogens with two attached hydrogens (primary N) is 1. The van der Waals surface area contributed by atoms with E-state index in [4.69, 9.17) is 15.5 Å². The van der Waals surface area contributed by atoms with Gasteiger partial charge in [0.15, 0.2) is 0 Å². The van der Waals surface area contributed by atoms with Crippen LogP contribution in [0, 0.1) is 0 Å². The summed E-state index contributed by atoms with van der Waals surface area (Å²) in [4.78, 5) is 29.0. The fourth-order valence-electron chi connectivity index (χ4n) is 4.39. The van der Waals surface area contributed by atoms with Crippen molar-refractivity contribution in [1.29, 1.82) is 0 Å². The van der Waals surface area contributed by atoms with E-state index in [1.807, 2.05) is 30.3 Å².